The van der Waals surface area contributed by atoms with Gasteiger partial charge in [-0.05, 0) is 37.0 Å². The second kappa shape index (κ2) is 4.19. The van der Waals surface area contributed by atoms with Gasteiger partial charge in [-0.1, -0.05) is 27.2 Å². The zero-order chi connectivity index (χ0) is 10.8. The van der Waals surface area contributed by atoms with Crippen LogP contribution >= 0.6 is 0 Å². The fourth-order valence-corrected chi connectivity index (χ4v) is 2.41. The van der Waals surface area contributed by atoms with Gasteiger partial charge in [0.05, 0.1) is 12.2 Å². The van der Waals surface area contributed by atoms with Crippen molar-refractivity contribution in [2.24, 2.45) is 11.3 Å². The molecule has 2 unspecified atom stereocenters. The van der Waals surface area contributed by atoms with Crippen molar-refractivity contribution in [3.63, 3.8) is 0 Å². The van der Waals surface area contributed by atoms with Crippen LogP contribution in [0.3, 0.4) is 0 Å². The normalized spacial score (nSPS) is 35.4. The molecule has 2 heteroatoms. The second-order valence-electron chi connectivity index (χ2n) is 5.88. The first-order chi connectivity index (χ1) is 6.37. The lowest BCUT2D eigenvalue weighted by atomic mass is 9.76. The molecule has 1 fully saturated rings. The van der Waals surface area contributed by atoms with E-state index in [0.717, 1.165) is 25.7 Å². The summed E-state index contributed by atoms with van der Waals surface area (Å²) in [7, 11) is 0. The number of rotatable bonds is 1. The van der Waals surface area contributed by atoms with Crippen LogP contribution < -0.4 is 0 Å². The van der Waals surface area contributed by atoms with Crippen molar-refractivity contribution < 1.29 is 10.2 Å². The topological polar surface area (TPSA) is 40.5 Å². The van der Waals surface area contributed by atoms with Gasteiger partial charge < -0.3 is 10.2 Å². The molecule has 0 heterocycles. The molecule has 0 spiro atoms. The van der Waals surface area contributed by atoms with Crippen LogP contribution in [0.15, 0.2) is 0 Å². The molecular formula is C12H24O2. The van der Waals surface area contributed by atoms with Crippen molar-refractivity contribution >= 4 is 0 Å². The molecule has 2 N–H and O–H groups in total. The van der Waals surface area contributed by atoms with Gasteiger partial charge in [0, 0.05) is 0 Å². The van der Waals surface area contributed by atoms with Crippen molar-refractivity contribution in [2.45, 2.75) is 58.5 Å². The molecule has 0 aromatic rings. The summed E-state index contributed by atoms with van der Waals surface area (Å²) >= 11 is 0. The molecule has 1 aliphatic carbocycles. The summed E-state index contributed by atoms with van der Waals surface area (Å²) < 4.78 is 0. The van der Waals surface area contributed by atoms with Crippen LogP contribution in [0.4, 0.5) is 0 Å². The first kappa shape index (κ1) is 12.0. The summed E-state index contributed by atoms with van der Waals surface area (Å²) in [6.45, 7) is 6.72. The van der Waals surface area contributed by atoms with Gasteiger partial charge in [0.15, 0.2) is 0 Å². The van der Waals surface area contributed by atoms with Gasteiger partial charge >= 0.3 is 0 Å². The zero-order valence-corrected chi connectivity index (χ0v) is 9.71. The molecule has 0 aromatic heterocycles. The zero-order valence-electron chi connectivity index (χ0n) is 9.71. The van der Waals surface area contributed by atoms with E-state index in [0.29, 0.717) is 11.3 Å². The van der Waals surface area contributed by atoms with Crippen LogP contribution in [-0.4, -0.2) is 22.4 Å². The van der Waals surface area contributed by atoms with Crippen LogP contribution in [0, 0.1) is 11.3 Å². The van der Waals surface area contributed by atoms with Crippen molar-refractivity contribution in [2.75, 3.05) is 6.61 Å². The van der Waals surface area contributed by atoms with E-state index in [9.17, 15) is 5.11 Å². The third-order valence-corrected chi connectivity index (χ3v) is 3.67. The van der Waals surface area contributed by atoms with Gasteiger partial charge in [-0.15, -0.1) is 0 Å². The summed E-state index contributed by atoms with van der Waals surface area (Å²) in [5.41, 5.74) is -0.458. The molecule has 0 amide bonds. The lowest BCUT2D eigenvalue weighted by Gasteiger charge is -2.30. The number of aliphatic hydroxyl groups excluding tert-OH is 1. The Labute approximate surface area is 87.3 Å². The predicted octanol–water partition coefficient (Wildman–Crippen LogP) is 2.34. The Morgan fingerprint density at radius 2 is 1.86 bits per heavy atom. The maximum Gasteiger partial charge on any atom is 0.0877 e. The lowest BCUT2D eigenvalue weighted by molar-refractivity contribution is -0.0278. The molecule has 1 aliphatic rings. The summed E-state index contributed by atoms with van der Waals surface area (Å²) in [4.78, 5) is 0. The quantitative estimate of drug-likeness (QED) is 0.638. The SMILES string of the molecule is CC(C)(C)C1CCCC(O)(CO)CC1. The summed E-state index contributed by atoms with van der Waals surface area (Å²) in [6.07, 6.45) is 4.78. The minimum absolute atomic E-state index is 0.0795. The molecule has 2 atom stereocenters. The summed E-state index contributed by atoms with van der Waals surface area (Å²) in [5.74, 6) is 0.683. The van der Waals surface area contributed by atoms with Crippen LogP contribution in [0.1, 0.15) is 52.9 Å². The molecule has 2 nitrogen and oxygen atoms in total. The fraction of sp³-hybridized carbons (Fsp3) is 1.00. The molecule has 0 bridgehead atoms. The van der Waals surface area contributed by atoms with E-state index in [1.54, 1.807) is 0 Å². The first-order valence-electron chi connectivity index (χ1n) is 5.71. The molecule has 0 aromatic carbocycles. The van der Waals surface area contributed by atoms with E-state index in [-0.39, 0.29) is 6.61 Å². The highest BCUT2D eigenvalue weighted by Gasteiger charge is 2.34. The average molecular weight is 200 g/mol. The van der Waals surface area contributed by atoms with Crippen LogP contribution in [-0.2, 0) is 0 Å². The Hall–Kier alpha value is -0.0800. The highest BCUT2D eigenvalue weighted by Crippen LogP contribution is 2.39. The van der Waals surface area contributed by atoms with Crippen LogP contribution in [0.25, 0.3) is 0 Å². The number of hydrogen-bond acceptors (Lipinski definition) is 2. The van der Waals surface area contributed by atoms with Crippen LogP contribution in [0.5, 0.6) is 0 Å². The third-order valence-electron chi connectivity index (χ3n) is 3.67. The largest absolute Gasteiger partial charge is 0.393 e. The fourth-order valence-electron chi connectivity index (χ4n) is 2.41. The van der Waals surface area contributed by atoms with E-state index >= 15 is 0 Å². The standard InChI is InChI=1S/C12H24O2/c1-11(2,3)10-5-4-7-12(14,9-13)8-6-10/h10,13-14H,4-9H2,1-3H3. The Morgan fingerprint density at radius 3 is 2.36 bits per heavy atom. The maximum absolute atomic E-state index is 9.99. The van der Waals surface area contributed by atoms with Crippen molar-refractivity contribution in [1.29, 1.82) is 0 Å². The minimum Gasteiger partial charge on any atom is -0.393 e. The lowest BCUT2D eigenvalue weighted by Crippen LogP contribution is -2.32. The van der Waals surface area contributed by atoms with Gasteiger partial charge in [0.2, 0.25) is 0 Å². The molecule has 0 aliphatic heterocycles. The van der Waals surface area contributed by atoms with Gasteiger partial charge in [0.25, 0.3) is 0 Å². The van der Waals surface area contributed by atoms with Crippen molar-refractivity contribution in [3.8, 4) is 0 Å². The summed E-state index contributed by atoms with van der Waals surface area (Å²) in [5, 5.41) is 19.1. The first-order valence-corrected chi connectivity index (χ1v) is 5.71. The highest BCUT2D eigenvalue weighted by molar-refractivity contribution is 4.86. The van der Waals surface area contributed by atoms with E-state index in [1.165, 1.54) is 6.42 Å². The smallest absolute Gasteiger partial charge is 0.0877 e. The number of hydrogen-bond donors (Lipinski definition) is 2. The van der Waals surface area contributed by atoms with E-state index in [4.69, 9.17) is 5.11 Å². The van der Waals surface area contributed by atoms with Crippen molar-refractivity contribution in [1.82, 2.24) is 0 Å². The van der Waals surface area contributed by atoms with Gasteiger partial charge in [-0.2, -0.15) is 0 Å². The van der Waals surface area contributed by atoms with E-state index in [1.807, 2.05) is 0 Å². The van der Waals surface area contributed by atoms with Gasteiger partial charge in [-0.3, -0.25) is 0 Å². The molecule has 1 rings (SSSR count). The van der Waals surface area contributed by atoms with Gasteiger partial charge in [-0.25, -0.2) is 0 Å². The second-order valence-corrected chi connectivity index (χ2v) is 5.88. The van der Waals surface area contributed by atoms with Gasteiger partial charge in [0.1, 0.15) is 0 Å². The Kier molecular flexibility index (Phi) is 3.59. The molecule has 14 heavy (non-hydrogen) atoms. The van der Waals surface area contributed by atoms with Crippen molar-refractivity contribution in [3.05, 3.63) is 0 Å². The Morgan fingerprint density at radius 1 is 1.21 bits per heavy atom. The molecule has 0 radical (unpaired) electrons. The monoisotopic (exact) mass is 200 g/mol. The molecular weight excluding hydrogens is 176 g/mol. The molecule has 0 saturated heterocycles. The highest BCUT2D eigenvalue weighted by atomic mass is 16.3. The number of aliphatic hydroxyl groups is 2. The summed E-state index contributed by atoms with van der Waals surface area (Å²) in [6, 6.07) is 0. The Balaban J connectivity index is 2.57. The minimum atomic E-state index is -0.792. The van der Waals surface area contributed by atoms with E-state index < -0.39 is 5.60 Å². The molecule has 84 valence electrons. The average Bonchev–Trinajstić information content (AvgIpc) is 2.27. The Bertz CT molecular complexity index is 183. The third kappa shape index (κ3) is 2.96. The van der Waals surface area contributed by atoms with E-state index in [2.05, 4.69) is 20.8 Å². The molecule has 1 saturated carbocycles. The van der Waals surface area contributed by atoms with Crippen LogP contribution in [0.2, 0.25) is 0 Å². The predicted molar refractivity (Wildman–Crippen MR) is 58.1 cm³/mol. The maximum atomic E-state index is 9.99.